The van der Waals surface area contributed by atoms with Crippen molar-refractivity contribution in [1.82, 2.24) is 9.80 Å². The normalized spacial score (nSPS) is 26.3. The Hall–Kier alpha value is -0.830. The third kappa shape index (κ3) is 3.68. The number of rotatable bonds is 9. The second-order valence-electron chi connectivity index (χ2n) is 6.65. The Balaban J connectivity index is 1.89. The predicted octanol–water partition coefficient (Wildman–Crippen LogP) is 3.60. The first kappa shape index (κ1) is 16.5. The molecule has 0 radical (unpaired) electrons. The maximum absolute atomic E-state index is 11.8. The van der Waals surface area contributed by atoms with Gasteiger partial charge in [-0.15, -0.1) is 0 Å². The quantitative estimate of drug-likeness (QED) is 0.479. The van der Waals surface area contributed by atoms with E-state index in [0.29, 0.717) is 12.1 Å². The highest BCUT2D eigenvalue weighted by Crippen LogP contribution is 2.36. The van der Waals surface area contributed by atoms with E-state index in [0.717, 1.165) is 19.0 Å². The van der Waals surface area contributed by atoms with Crippen molar-refractivity contribution in [2.45, 2.75) is 83.3 Å². The molecule has 2 rings (SSSR count). The molecule has 120 valence electrons. The Bertz CT molecular complexity index is 355. The van der Waals surface area contributed by atoms with Gasteiger partial charge in [-0.25, -0.2) is 0 Å². The minimum atomic E-state index is 0.120. The van der Waals surface area contributed by atoms with Gasteiger partial charge in [0.05, 0.1) is 6.04 Å². The van der Waals surface area contributed by atoms with E-state index in [1.807, 2.05) is 4.90 Å². The fourth-order valence-corrected chi connectivity index (χ4v) is 4.02. The lowest BCUT2D eigenvalue weighted by molar-refractivity contribution is -0.136. The number of fused-ring (bicyclic) bond motifs is 1. The fourth-order valence-electron chi connectivity index (χ4n) is 4.02. The molecule has 1 amide bonds. The lowest BCUT2D eigenvalue weighted by atomic mass is 9.94. The summed E-state index contributed by atoms with van der Waals surface area (Å²) in [5.41, 5.74) is 0. The Labute approximate surface area is 130 Å². The number of hydrogen-bond acceptors (Lipinski definition) is 2. The highest BCUT2D eigenvalue weighted by Gasteiger charge is 2.49. The van der Waals surface area contributed by atoms with E-state index in [1.54, 1.807) is 0 Å². The van der Waals surface area contributed by atoms with Crippen LogP contribution >= 0.6 is 0 Å². The summed E-state index contributed by atoms with van der Waals surface area (Å²) in [5.74, 6) is 0.120. The first-order chi connectivity index (χ1) is 10.2. The van der Waals surface area contributed by atoms with Crippen LogP contribution in [-0.4, -0.2) is 46.9 Å². The monoisotopic (exact) mass is 292 g/mol. The van der Waals surface area contributed by atoms with E-state index in [-0.39, 0.29) is 5.91 Å². The number of carbonyl (C=O) groups excluding carboxylic acids is 1. The highest BCUT2D eigenvalue weighted by molar-refractivity contribution is 5.88. The summed E-state index contributed by atoms with van der Waals surface area (Å²) in [7, 11) is 0. The van der Waals surface area contributed by atoms with Crippen molar-refractivity contribution in [3.05, 3.63) is 12.7 Å². The van der Waals surface area contributed by atoms with Crippen LogP contribution < -0.4 is 0 Å². The maximum Gasteiger partial charge on any atom is 0.246 e. The molecular formula is C18H32N2O. The molecule has 0 saturated carbocycles. The van der Waals surface area contributed by atoms with Crippen molar-refractivity contribution in [2.75, 3.05) is 13.1 Å². The molecule has 2 heterocycles. The molecule has 2 aliphatic rings. The number of unbranched alkanes of at least 4 members (excludes halogenated alkanes) is 3. The first-order valence-corrected chi connectivity index (χ1v) is 8.91. The van der Waals surface area contributed by atoms with Crippen LogP contribution in [0.4, 0.5) is 0 Å². The second kappa shape index (κ2) is 7.98. The molecule has 2 saturated heterocycles. The Kier molecular flexibility index (Phi) is 6.28. The van der Waals surface area contributed by atoms with Crippen molar-refractivity contribution >= 4 is 5.91 Å². The molecule has 3 heteroatoms. The Morgan fingerprint density at radius 1 is 1.19 bits per heavy atom. The molecule has 0 aliphatic carbocycles. The van der Waals surface area contributed by atoms with Gasteiger partial charge in [-0.3, -0.25) is 9.69 Å². The van der Waals surface area contributed by atoms with Crippen LogP contribution in [0.25, 0.3) is 0 Å². The molecule has 0 N–H and O–H groups in total. The topological polar surface area (TPSA) is 23.6 Å². The summed E-state index contributed by atoms with van der Waals surface area (Å²) in [6, 6.07) is 1.83. The minimum absolute atomic E-state index is 0.120. The molecule has 2 aliphatic heterocycles. The van der Waals surface area contributed by atoms with Gasteiger partial charge in [0.1, 0.15) is 0 Å². The van der Waals surface area contributed by atoms with Gasteiger partial charge in [0.25, 0.3) is 0 Å². The smallest absolute Gasteiger partial charge is 0.246 e. The van der Waals surface area contributed by atoms with Crippen molar-refractivity contribution in [2.24, 2.45) is 0 Å². The number of hydrogen-bond donors (Lipinski definition) is 0. The van der Waals surface area contributed by atoms with Crippen molar-refractivity contribution in [3.8, 4) is 0 Å². The van der Waals surface area contributed by atoms with Gasteiger partial charge in [0.2, 0.25) is 5.91 Å². The molecule has 0 aromatic carbocycles. The van der Waals surface area contributed by atoms with Gasteiger partial charge in [-0.05, 0) is 25.3 Å². The lowest BCUT2D eigenvalue weighted by Crippen LogP contribution is -2.64. The summed E-state index contributed by atoms with van der Waals surface area (Å²) in [6.07, 6.45) is 11.9. The molecule has 0 bridgehead atoms. The molecule has 0 aromatic rings. The summed E-state index contributed by atoms with van der Waals surface area (Å²) in [4.78, 5) is 16.5. The largest absolute Gasteiger partial charge is 0.333 e. The summed E-state index contributed by atoms with van der Waals surface area (Å²) < 4.78 is 0. The summed E-state index contributed by atoms with van der Waals surface area (Å²) in [6.45, 7) is 10.3. The van der Waals surface area contributed by atoms with Crippen molar-refractivity contribution < 1.29 is 4.79 Å². The van der Waals surface area contributed by atoms with E-state index < -0.39 is 0 Å². The minimum Gasteiger partial charge on any atom is -0.333 e. The molecule has 2 fully saturated rings. The zero-order valence-electron chi connectivity index (χ0n) is 13.9. The van der Waals surface area contributed by atoms with Crippen molar-refractivity contribution in [3.63, 3.8) is 0 Å². The van der Waals surface area contributed by atoms with E-state index in [9.17, 15) is 4.79 Å². The third-order valence-corrected chi connectivity index (χ3v) is 5.30. The number of carbonyl (C=O) groups is 1. The zero-order chi connectivity index (χ0) is 15.2. The van der Waals surface area contributed by atoms with E-state index in [1.165, 1.54) is 57.6 Å². The van der Waals surface area contributed by atoms with Crippen LogP contribution in [0.5, 0.6) is 0 Å². The van der Waals surface area contributed by atoms with Crippen LogP contribution in [0.3, 0.4) is 0 Å². The number of nitrogens with zero attached hydrogens (tertiary/aromatic N) is 2. The van der Waals surface area contributed by atoms with Gasteiger partial charge < -0.3 is 4.90 Å². The Morgan fingerprint density at radius 2 is 1.90 bits per heavy atom. The molecule has 0 aromatic heterocycles. The zero-order valence-corrected chi connectivity index (χ0v) is 13.9. The molecule has 3 atom stereocenters. The second-order valence-corrected chi connectivity index (χ2v) is 6.65. The van der Waals surface area contributed by atoms with Gasteiger partial charge in [0, 0.05) is 25.2 Å². The van der Waals surface area contributed by atoms with Crippen LogP contribution in [0.2, 0.25) is 0 Å². The first-order valence-electron chi connectivity index (χ1n) is 8.91. The molecular weight excluding hydrogens is 260 g/mol. The summed E-state index contributed by atoms with van der Waals surface area (Å²) >= 11 is 0. The predicted molar refractivity (Wildman–Crippen MR) is 88.3 cm³/mol. The fraction of sp³-hybridized carbons (Fsp3) is 0.833. The van der Waals surface area contributed by atoms with Gasteiger partial charge in [-0.2, -0.15) is 0 Å². The van der Waals surface area contributed by atoms with Crippen molar-refractivity contribution in [1.29, 1.82) is 0 Å². The maximum atomic E-state index is 11.8. The molecule has 3 nitrogen and oxygen atoms in total. The van der Waals surface area contributed by atoms with Crippen LogP contribution in [0.1, 0.15) is 65.2 Å². The van der Waals surface area contributed by atoms with Crippen LogP contribution in [0, 0.1) is 0 Å². The van der Waals surface area contributed by atoms with Gasteiger partial charge in [-0.1, -0.05) is 52.5 Å². The summed E-state index contributed by atoms with van der Waals surface area (Å²) in [5, 5.41) is 0. The number of amides is 1. The van der Waals surface area contributed by atoms with E-state index in [2.05, 4.69) is 25.3 Å². The number of likely N-dealkylation sites (tertiary alicyclic amines) is 2. The van der Waals surface area contributed by atoms with Gasteiger partial charge >= 0.3 is 0 Å². The van der Waals surface area contributed by atoms with Gasteiger partial charge in [0.15, 0.2) is 0 Å². The molecule has 3 unspecified atom stereocenters. The molecule has 21 heavy (non-hydrogen) atoms. The van der Waals surface area contributed by atoms with Crippen LogP contribution in [-0.2, 0) is 4.79 Å². The average Bonchev–Trinajstić information content (AvgIpc) is 2.79. The Morgan fingerprint density at radius 3 is 2.57 bits per heavy atom. The SMILES string of the molecule is C=CC(=O)N1CC2C1CCN2C(CCCC)CCCCC. The lowest BCUT2D eigenvalue weighted by Gasteiger charge is -2.48. The third-order valence-electron chi connectivity index (χ3n) is 5.30. The molecule has 0 spiro atoms. The standard InChI is InChI=1S/C18H32N2O/c1-4-7-9-11-15(10-8-5-2)19-13-12-16-17(19)14-20(16)18(21)6-3/h6,15-17H,3-5,7-14H2,1-2H3. The highest BCUT2D eigenvalue weighted by atomic mass is 16.2. The average molecular weight is 292 g/mol. The van der Waals surface area contributed by atoms with Crippen LogP contribution in [0.15, 0.2) is 12.7 Å². The van der Waals surface area contributed by atoms with E-state index in [4.69, 9.17) is 0 Å². The van der Waals surface area contributed by atoms with E-state index >= 15 is 0 Å².